The first kappa shape index (κ1) is 23.1. The fraction of sp³-hybridized carbons (Fsp3) is 0.409. The Morgan fingerprint density at radius 3 is 2.37 bits per heavy atom. The van der Waals surface area contributed by atoms with Crippen LogP contribution in [0, 0.1) is 12.8 Å². The highest BCUT2D eigenvalue weighted by molar-refractivity contribution is 7.99. The fourth-order valence-corrected chi connectivity index (χ4v) is 5.86. The molecule has 1 N–H and O–H groups in total. The molecule has 3 rings (SSSR count). The van der Waals surface area contributed by atoms with E-state index in [0.29, 0.717) is 37.5 Å². The van der Waals surface area contributed by atoms with Crippen molar-refractivity contribution in [2.24, 2.45) is 5.92 Å². The summed E-state index contributed by atoms with van der Waals surface area (Å²) < 4.78 is 26.9. The average Bonchev–Trinajstić information content (AvgIpc) is 2.74. The van der Waals surface area contributed by atoms with Crippen LogP contribution in [0.25, 0.3) is 0 Å². The van der Waals surface area contributed by atoms with E-state index in [1.165, 1.54) is 4.31 Å². The van der Waals surface area contributed by atoms with Crippen molar-refractivity contribution in [1.29, 1.82) is 0 Å². The first-order valence-electron chi connectivity index (χ1n) is 10.0. The number of carbonyl (C=O) groups excluding carboxylic acids is 1. The van der Waals surface area contributed by atoms with Gasteiger partial charge in [-0.25, -0.2) is 12.7 Å². The minimum atomic E-state index is -3.36. The van der Waals surface area contributed by atoms with E-state index in [1.54, 1.807) is 11.8 Å². The van der Waals surface area contributed by atoms with Crippen LogP contribution in [0.3, 0.4) is 0 Å². The monoisotopic (exact) mass is 466 g/mol. The lowest BCUT2D eigenvalue weighted by Gasteiger charge is -2.30. The molecule has 0 spiro atoms. The Morgan fingerprint density at radius 1 is 1.10 bits per heavy atom. The number of aryl methyl sites for hydroxylation is 1. The third kappa shape index (κ3) is 6.74. The SMILES string of the molecule is Cc1ccc(CS(=O)(=O)N2CCC(C(=O)NCCSc3ccc(Cl)cc3)CC2)cc1. The second-order valence-electron chi connectivity index (χ2n) is 7.51. The molecule has 0 aliphatic carbocycles. The summed E-state index contributed by atoms with van der Waals surface area (Å²) in [5, 5.41) is 3.69. The van der Waals surface area contributed by atoms with Crippen LogP contribution in [-0.4, -0.2) is 44.0 Å². The third-order valence-electron chi connectivity index (χ3n) is 5.17. The molecule has 2 aromatic carbocycles. The number of rotatable bonds is 8. The Morgan fingerprint density at radius 2 is 1.73 bits per heavy atom. The Balaban J connectivity index is 1.40. The van der Waals surface area contributed by atoms with Gasteiger partial charge in [0.1, 0.15) is 0 Å². The van der Waals surface area contributed by atoms with E-state index in [-0.39, 0.29) is 17.6 Å². The van der Waals surface area contributed by atoms with Crippen LogP contribution in [0.4, 0.5) is 0 Å². The van der Waals surface area contributed by atoms with Gasteiger partial charge in [-0.3, -0.25) is 4.79 Å². The topological polar surface area (TPSA) is 66.5 Å². The summed E-state index contributed by atoms with van der Waals surface area (Å²) in [6.45, 7) is 3.35. The lowest BCUT2D eigenvalue weighted by atomic mass is 9.97. The molecule has 0 radical (unpaired) electrons. The number of nitrogens with zero attached hydrogens (tertiary/aromatic N) is 1. The number of thioether (sulfide) groups is 1. The van der Waals surface area contributed by atoms with Gasteiger partial charge in [-0.05, 0) is 49.6 Å². The number of sulfonamides is 1. The molecule has 0 aromatic heterocycles. The molecular weight excluding hydrogens is 440 g/mol. The number of halogens is 1. The molecular formula is C22H27ClN2O3S2. The number of piperidine rings is 1. The van der Waals surface area contributed by atoms with E-state index in [4.69, 9.17) is 11.6 Å². The maximum Gasteiger partial charge on any atom is 0.223 e. The Bertz CT molecular complexity index is 939. The zero-order valence-electron chi connectivity index (χ0n) is 17.0. The van der Waals surface area contributed by atoms with Crippen LogP contribution >= 0.6 is 23.4 Å². The standard InChI is InChI=1S/C22H27ClN2O3S2/c1-17-2-4-18(5-3-17)16-30(27,28)25-13-10-19(11-14-25)22(26)24-12-15-29-21-8-6-20(23)7-9-21/h2-9,19H,10-16H2,1H3,(H,24,26). The molecule has 1 aliphatic heterocycles. The molecule has 0 bridgehead atoms. The Hall–Kier alpha value is -1.54. The van der Waals surface area contributed by atoms with E-state index in [9.17, 15) is 13.2 Å². The summed E-state index contributed by atoms with van der Waals surface area (Å²) in [4.78, 5) is 13.5. The summed E-state index contributed by atoms with van der Waals surface area (Å²) in [6.07, 6.45) is 1.12. The van der Waals surface area contributed by atoms with Gasteiger partial charge >= 0.3 is 0 Å². The minimum absolute atomic E-state index is 0.00602. The van der Waals surface area contributed by atoms with Crippen LogP contribution in [0.1, 0.15) is 24.0 Å². The van der Waals surface area contributed by atoms with E-state index in [1.807, 2.05) is 55.5 Å². The van der Waals surface area contributed by atoms with Gasteiger partial charge in [0.2, 0.25) is 15.9 Å². The largest absolute Gasteiger partial charge is 0.355 e. The molecule has 0 unspecified atom stereocenters. The first-order chi connectivity index (χ1) is 14.3. The molecule has 1 aliphatic rings. The highest BCUT2D eigenvalue weighted by Crippen LogP contribution is 2.23. The van der Waals surface area contributed by atoms with Crippen LogP contribution in [0.5, 0.6) is 0 Å². The molecule has 0 saturated carbocycles. The number of carbonyl (C=O) groups is 1. The molecule has 30 heavy (non-hydrogen) atoms. The van der Waals surface area contributed by atoms with Crippen molar-refractivity contribution in [2.75, 3.05) is 25.4 Å². The maximum atomic E-state index is 12.7. The van der Waals surface area contributed by atoms with E-state index in [2.05, 4.69) is 5.32 Å². The van der Waals surface area contributed by atoms with Gasteiger partial charge in [-0.15, -0.1) is 11.8 Å². The summed E-state index contributed by atoms with van der Waals surface area (Å²) in [5.74, 6) is 0.669. The molecule has 0 atom stereocenters. The minimum Gasteiger partial charge on any atom is -0.355 e. The third-order valence-corrected chi connectivity index (χ3v) is 8.29. The normalized spacial score (nSPS) is 15.8. The van der Waals surface area contributed by atoms with Crippen LogP contribution in [0.15, 0.2) is 53.4 Å². The predicted molar refractivity (Wildman–Crippen MR) is 123 cm³/mol. The van der Waals surface area contributed by atoms with Gasteiger partial charge in [-0.2, -0.15) is 0 Å². The van der Waals surface area contributed by atoms with Crippen LogP contribution in [0.2, 0.25) is 5.02 Å². The molecule has 2 aromatic rings. The van der Waals surface area contributed by atoms with Crippen molar-refractivity contribution in [3.8, 4) is 0 Å². The van der Waals surface area contributed by atoms with Gasteiger partial charge in [0.15, 0.2) is 0 Å². The summed E-state index contributed by atoms with van der Waals surface area (Å²) in [5.41, 5.74) is 1.90. The molecule has 1 saturated heterocycles. The van der Waals surface area contributed by atoms with Crippen molar-refractivity contribution in [3.05, 3.63) is 64.7 Å². The number of hydrogen-bond donors (Lipinski definition) is 1. The lowest BCUT2D eigenvalue weighted by Crippen LogP contribution is -2.43. The average molecular weight is 467 g/mol. The van der Waals surface area contributed by atoms with Crippen molar-refractivity contribution in [1.82, 2.24) is 9.62 Å². The molecule has 1 heterocycles. The number of hydrogen-bond acceptors (Lipinski definition) is 4. The highest BCUT2D eigenvalue weighted by Gasteiger charge is 2.31. The number of amides is 1. The van der Waals surface area contributed by atoms with E-state index in [0.717, 1.165) is 21.8 Å². The smallest absolute Gasteiger partial charge is 0.223 e. The van der Waals surface area contributed by atoms with Crippen molar-refractivity contribution < 1.29 is 13.2 Å². The van der Waals surface area contributed by atoms with Gasteiger partial charge in [-0.1, -0.05) is 41.4 Å². The van der Waals surface area contributed by atoms with Gasteiger partial charge < -0.3 is 5.32 Å². The second-order valence-corrected chi connectivity index (χ2v) is 11.1. The van der Waals surface area contributed by atoms with Crippen LogP contribution in [-0.2, 0) is 20.6 Å². The van der Waals surface area contributed by atoms with E-state index < -0.39 is 10.0 Å². The molecule has 162 valence electrons. The molecule has 1 fully saturated rings. The number of benzene rings is 2. The van der Waals surface area contributed by atoms with E-state index >= 15 is 0 Å². The van der Waals surface area contributed by atoms with Gasteiger partial charge in [0.25, 0.3) is 0 Å². The summed E-state index contributed by atoms with van der Waals surface area (Å²) in [7, 11) is -3.36. The highest BCUT2D eigenvalue weighted by atomic mass is 35.5. The summed E-state index contributed by atoms with van der Waals surface area (Å²) >= 11 is 7.54. The molecule has 5 nitrogen and oxygen atoms in total. The Kier molecular flexibility index (Phi) is 8.22. The van der Waals surface area contributed by atoms with Crippen molar-refractivity contribution in [3.63, 3.8) is 0 Å². The predicted octanol–water partition coefficient (Wildman–Crippen LogP) is 4.10. The molecule has 1 amide bonds. The van der Waals surface area contributed by atoms with Gasteiger partial charge in [0.05, 0.1) is 5.75 Å². The number of nitrogens with one attached hydrogen (secondary N) is 1. The second kappa shape index (κ2) is 10.7. The maximum absolute atomic E-state index is 12.7. The summed E-state index contributed by atoms with van der Waals surface area (Å²) in [6, 6.07) is 15.2. The van der Waals surface area contributed by atoms with Crippen molar-refractivity contribution >= 4 is 39.3 Å². The lowest BCUT2D eigenvalue weighted by molar-refractivity contribution is -0.125. The van der Waals surface area contributed by atoms with Crippen LogP contribution < -0.4 is 5.32 Å². The molecule has 8 heteroatoms. The quantitative estimate of drug-likeness (QED) is 0.470. The van der Waals surface area contributed by atoms with Crippen molar-refractivity contribution in [2.45, 2.75) is 30.4 Å². The Labute approximate surface area is 188 Å². The zero-order chi connectivity index (χ0) is 21.6. The first-order valence-corrected chi connectivity index (χ1v) is 13.0. The van der Waals surface area contributed by atoms with Gasteiger partial charge in [0, 0.05) is 41.2 Å². The zero-order valence-corrected chi connectivity index (χ0v) is 19.4. The fourth-order valence-electron chi connectivity index (χ4n) is 3.40.